The second kappa shape index (κ2) is 2.48. The molecule has 1 heterocycles. The molecule has 0 atom stereocenters. The summed E-state index contributed by atoms with van der Waals surface area (Å²) in [5, 5.41) is 3.74. The van der Waals surface area contributed by atoms with E-state index in [1.165, 1.54) is 12.3 Å². The fourth-order valence-electron chi connectivity index (χ4n) is 1.05. The van der Waals surface area contributed by atoms with Gasteiger partial charge in [-0.15, -0.1) is 0 Å². The van der Waals surface area contributed by atoms with Gasteiger partial charge in [-0.25, -0.2) is 0 Å². The average Bonchev–Trinajstić information content (AvgIpc) is 2.47. The Balaban J connectivity index is 2.61. The van der Waals surface area contributed by atoms with Gasteiger partial charge >= 0.3 is 6.18 Å². The number of benzene rings is 1. The molecule has 0 fully saturated rings. The van der Waals surface area contributed by atoms with E-state index in [4.69, 9.17) is 0 Å². The van der Waals surface area contributed by atoms with E-state index >= 15 is 0 Å². The molecule has 0 amide bonds. The summed E-state index contributed by atoms with van der Waals surface area (Å²) < 4.78 is 41.2. The minimum absolute atomic E-state index is 0.355. The molecule has 1 aromatic heterocycles. The maximum atomic E-state index is 12.2. The predicted octanol–water partition coefficient (Wildman–Crippen LogP) is 2.85. The van der Waals surface area contributed by atoms with E-state index in [-0.39, 0.29) is 0 Å². The van der Waals surface area contributed by atoms with Crippen molar-refractivity contribution < 1.29 is 17.7 Å². The van der Waals surface area contributed by atoms with Crippen molar-refractivity contribution in [1.82, 2.24) is 5.16 Å². The summed E-state index contributed by atoms with van der Waals surface area (Å²) in [6, 6.07) is 3.23. The number of alkyl halides is 3. The summed E-state index contributed by atoms with van der Waals surface area (Å²) in [4.78, 5) is 0. The molecule has 13 heavy (non-hydrogen) atoms. The van der Waals surface area contributed by atoms with Gasteiger partial charge in [0.2, 0.25) is 0 Å². The van der Waals surface area contributed by atoms with Crippen LogP contribution in [0.5, 0.6) is 0 Å². The summed E-state index contributed by atoms with van der Waals surface area (Å²) in [5.74, 6) is 0. The zero-order valence-electron chi connectivity index (χ0n) is 6.30. The predicted molar refractivity (Wildman–Crippen MR) is 39.0 cm³/mol. The van der Waals surface area contributed by atoms with Gasteiger partial charge in [-0.05, 0) is 18.2 Å². The topological polar surface area (TPSA) is 26.0 Å². The number of rotatable bonds is 0. The van der Waals surface area contributed by atoms with Crippen LogP contribution >= 0.6 is 0 Å². The fourth-order valence-corrected chi connectivity index (χ4v) is 1.05. The Morgan fingerprint density at radius 1 is 1.23 bits per heavy atom. The lowest BCUT2D eigenvalue weighted by atomic mass is 10.2. The average molecular weight is 187 g/mol. The highest BCUT2D eigenvalue weighted by Crippen LogP contribution is 2.31. The van der Waals surface area contributed by atoms with E-state index in [9.17, 15) is 13.2 Å². The molecule has 0 unspecified atom stereocenters. The van der Waals surface area contributed by atoms with Crippen molar-refractivity contribution in [3.63, 3.8) is 0 Å². The molecule has 0 aliphatic heterocycles. The molecule has 0 N–H and O–H groups in total. The van der Waals surface area contributed by atoms with Gasteiger partial charge in [0.1, 0.15) is 0 Å². The minimum Gasteiger partial charge on any atom is -0.356 e. The van der Waals surface area contributed by atoms with Gasteiger partial charge < -0.3 is 4.52 Å². The lowest BCUT2D eigenvalue weighted by molar-refractivity contribution is -0.137. The third kappa shape index (κ3) is 1.37. The molecule has 2 nitrogen and oxygen atoms in total. The molecule has 0 radical (unpaired) electrons. The fraction of sp³-hybridized carbons (Fsp3) is 0.125. The first kappa shape index (κ1) is 8.10. The van der Waals surface area contributed by atoms with Crippen molar-refractivity contribution in [2.45, 2.75) is 6.18 Å². The minimum atomic E-state index is -4.31. The summed E-state index contributed by atoms with van der Waals surface area (Å²) in [6.07, 6.45) is -3.06. The Hall–Kier alpha value is -1.52. The van der Waals surface area contributed by atoms with E-state index < -0.39 is 11.7 Å². The number of hydrogen-bond donors (Lipinski definition) is 0. The molecule has 2 aromatic rings. The lowest BCUT2D eigenvalue weighted by Crippen LogP contribution is -2.03. The molecule has 1 aromatic carbocycles. The van der Waals surface area contributed by atoms with E-state index in [0.29, 0.717) is 11.0 Å². The molecule has 0 saturated heterocycles. The van der Waals surface area contributed by atoms with Crippen molar-refractivity contribution in [2.75, 3.05) is 0 Å². The van der Waals surface area contributed by atoms with E-state index in [1.54, 1.807) is 0 Å². The quantitative estimate of drug-likeness (QED) is 0.633. The molecule has 68 valence electrons. The highest BCUT2D eigenvalue weighted by atomic mass is 19.4. The van der Waals surface area contributed by atoms with Crippen molar-refractivity contribution >= 4 is 11.0 Å². The SMILES string of the molecule is FC(F)(F)c1ccc2oncc2c1. The van der Waals surface area contributed by atoms with E-state index in [0.717, 1.165) is 12.1 Å². The number of aromatic nitrogens is 1. The number of fused-ring (bicyclic) bond motifs is 1. The van der Waals surface area contributed by atoms with Gasteiger partial charge in [-0.2, -0.15) is 13.2 Å². The molecule has 5 heteroatoms. The molecule has 0 spiro atoms. The first-order valence-corrected chi connectivity index (χ1v) is 3.49. The summed E-state index contributed by atoms with van der Waals surface area (Å²) >= 11 is 0. The number of nitrogens with zero attached hydrogens (tertiary/aromatic N) is 1. The molecule has 0 aliphatic carbocycles. The summed E-state index contributed by atoms with van der Waals surface area (Å²) in [7, 11) is 0. The largest absolute Gasteiger partial charge is 0.416 e. The third-order valence-corrected chi connectivity index (χ3v) is 1.68. The Kier molecular flexibility index (Phi) is 1.55. The van der Waals surface area contributed by atoms with E-state index in [1.807, 2.05) is 0 Å². The van der Waals surface area contributed by atoms with Gasteiger partial charge in [0.25, 0.3) is 0 Å². The maximum Gasteiger partial charge on any atom is 0.416 e. The second-order valence-corrected chi connectivity index (χ2v) is 2.58. The van der Waals surface area contributed by atoms with Crippen molar-refractivity contribution in [3.05, 3.63) is 30.0 Å². The van der Waals surface area contributed by atoms with Crippen molar-refractivity contribution in [2.24, 2.45) is 0 Å². The molecular formula is C8H4F3NO. The van der Waals surface area contributed by atoms with Crippen LogP contribution in [0.2, 0.25) is 0 Å². The van der Waals surface area contributed by atoms with Crippen LogP contribution in [0.1, 0.15) is 5.56 Å². The summed E-state index contributed by atoms with van der Waals surface area (Å²) in [6.45, 7) is 0. The monoisotopic (exact) mass is 187 g/mol. The smallest absolute Gasteiger partial charge is 0.356 e. The van der Waals surface area contributed by atoms with Gasteiger partial charge in [-0.3, -0.25) is 0 Å². The van der Waals surface area contributed by atoms with Crippen LogP contribution in [-0.4, -0.2) is 5.16 Å². The van der Waals surface area contributed by atoms with Crippen LogP contribution in [0, 0.1) is 0 Å². The zero-order valence-corrected chi connectivity index (χ0v) is 6.30. The molecule has 0 saturated carbocycles. The molecular weight excluding hydrogens is 183 g/mol. The highest BCUT2D eigenvalue weighted by Gasteiger charge is 2.30. The van der Waals surface area contributed by atoms with Crippen LogP contribution in [0.25, 0.3) is 11.0 Å². The van der Waals surface area contributed by atoms with Gasteiger partial charge in [0.15, 0.2) is 5.58 Å². The number of hydrogen-bond acceptors (Lipinski definition) is 2. The normalized spacial score (nSPS) is 12.2. The third-order valence-electron chi connectivity index (χ3n) is 1.68. The Morgan fingerprint density at radius 3 is 2.69 bits per heavy atom. The standard InChI is InChI=1S/C8H4F3NO/c9-8(10,11)6-1-2-7-5(3-6)4-12-13-7/h1-4H. The van der Waals surface area contributed by atoms with Gasteiger partial charge in [0, 0.05) is 5.39 Å². The maximum absolute atomic E-state index is 12.2. The highest BCUT2D eigenvalue weighted by molar-refractivity contribution is 5.76. The Labute approximate surface area is 70.9 Å². The number of halogens is 3. The van der Waals surface area contributed by atoms with Crippen molar-refractivity contribution in [1.29, 1.82) is 0 Å². The van der Waals surface area contributed by atoms with Crippen LogP contribution in [-0.2, 0) is 6.18 Å². The zero-order chi connectivity index (χ0) is 9.47. The van der Waals surface area contributed by atoms with Crippen LogP contribution < -0.4 is 0 Å². The first-order valence-electron chi connectivity index (χ1n) is 3.49. The molecule has 0 aliphatic rings. The van der Waals surface area contributed by atoms with Gasteiger partial charge in [0.05, 0.1) is 11.8 Å². The molecule has 0 bridgehead atoms. The Bertz CT molecular complexity index is 432. The van der Waals surface area contributed by atoms with Crippen LogP contribution in [0.15, 0.2) is 28.9 Å². The van der Waals surface area contributed by atoms with Crippen molar-refractivity contribution in [3.8, 4) is 0 Å². The van der Waals surface area contributed by atoms with E-state index in [2.05, 4.69) is 9.68 Å². The van der Waals surface area contributed by atoms with Crippen LogP contribution in [0.3, 0.4) is 0 Å². The molecule has 2 rings (SSSR count). The first-order chi connectivity index (χ1) is 6.07. The second-order valence-electron chi connectivity index (χ2n) is 2.58. The van der Waals surface area contributed by atoms with Crippen LogP contribution in [0.4, 0.5) is 13.2 Å². The Morgan fingerprint density at radius 2 is 2.00 bits per heavy atom. The summed E-state index contributed by atoms with van der Waals surface area (Å²) in [5.41, 5.74) is -0.337. The lowest BCUT2D eigenvalue weighted by Gasteiger charge is -2.04. The van der Waals surface area contributed by atoms with Gasteiger partial charge in [-0.1, -0.05) is 5.16 Å².